The molecule has 4 nitrogen and oxygen atoms in total. The van der Waals surface area contributed by atoms with Gasteiger partial charge < -0.3 is 15.2 Å². The Labute approximate surface area is 96.7 Å². The number of anilines is 1. The lowest BCUT2D eigenvalue weighted by atomic mass is 10.3. The number of hydrogen-bond donors (Lipinski definition) is 2. The lowest BCUT2D eigenvalue weighted by Crippen LogP contribution is -2.19. The predicted molar refractivity (Wildman–Crippen MR) is 64.8 cm³/mol. The number of aromatic nitrogens is 1. The van der Waals surface area contributed by atoms with Crippen LogP contribution < -0.4 is 10.1 Å². The first-order valence-corrected chi connectivity index (χ1v) is 5.77. The van der Waals surface area contributed by atoms with E-state index in [4.69, 9.17) is 4.74 Å². The van der Waals surface area contributed by atoms with Gasteiger partial charge in [-0.25, -0.2) is 4.98 Å². The van der Waals surface area contributed by atoms with Crippen LogP contribution in [-0.2, 0) is 0 Å². The highest BCUT2D eigenvalue weighted by Crippen LogP contribution is 2.20. The fourth-order valence-electron chi connectivity index (χ4n) is 1.21. The molecule has 16 heavy (non-hydrogen) atoms. The van der Waals surface area contributed by atoms with E-state index in [1.165, 1.54) is 0 Å². The molecule has 90 valence electrons. The summed E-state index contributed by atoms with van der Waals surface area (Å²) in [5, 5.41) is 12.5. The second kappa shape index (κ2) is 7.06. The average Bonchev–Trinajstić information content (AvgIpc) is 2.34. The molecule has 1 heterocycles. The van der Waals surface area contributed by atoms with Gasteiger partial charge in [-0.2, -0.15) is 0 Å². The van der Waals surface area contributed by atoms with Crippen LogP contribution in [0.5, 0.6) is 5.75 Å². The van der Waals surface area contributed by atoms with Crippen LogP contribution in [0.25, 0.3) is 0 Å². The van der Waals surface area contributed by atoms with Crippen LogP contribution >= 0.6 is 0 Å². The summed E-state index contributed by atoms with van der Waals surface area (Å²) in [7, 11) is 0. The summed E-state index contributed by atoms with van der Waals surface area (Å²) >= 11 is 0. The summed E-state index contributed by atoms with van der Waals surface area (Å²) in [6, 6.07) is 3.72. The lowest BCUT2D eigenvalue weighted by molar-refractivity contribution is 0.183. The van der Waals surface area contributed by atoms with Crippen molar-refractivity contribution in [1.29, 1.82) is 0 Å². The molecule has 0 fully saturated rings. The Morgan fingerprint density at radius 2 is 2.31 bits per heavy atom. The van der Waals surface area contributed by atoms with Gasteiger partial charge in [0.25, 0.3) is 0 Å². The van der Waals surface area contributed by atoms with Crippen molar-refractivity contribution in [3.8, 4) is 5.75 Å². The first kappa shape index (κ1) is 12.8. The van der Waals surface area contributed by atoms with E-state index >= 15 is 0 Å². The van der Waals surface area contributed by atoms with E-state index in [9.17, 15) is 5.11 Å². The monoisotopic (exact) mass is 224 g/mol. The van der Waals surface area contributed by atoms with Crippen molar-refractivity contribution in [2.24, 2.45) is 0 Å². The molecule has 1 aromatic heterocycles. The van der Waals surface area contributed by atoms with Crippen molar-refractivity contribution in [2.45, 2.75) is 32.8 Å². The largest absolute Gasteiger partial charge is 0.490 e. The summed E-state index contributed by atoms with van der Waals surface area (Å²) in [6.45, 7) is 5.18. The third-order valence-electron chi connectivity index (χ3n) is 2.21. The van der Waals surface area contributed by atoms with Crippen LogP contribution in [0, 0.1) is 0 Å². The van der Waals surface area contributed by atoms with Gasteiger partial charge in [0.15, 0.2) is 11.6 Å². The van der Waals surface area contributed by atoms with E-state index < -0.39 is 0 Å². The molecule has 0 saturated carbocycles. The Hall–Kier alpha value is -1.29. The summed E-state index contributed by atoms with van der Waals surface area (Å²) in [5.74, 6) is 1.44. The van der Waals surface area contributed by atoms with Gasteiger partial charge in [-0.1, -0.05) is 13.8 Å². The normalized spacial score (nSPS) is 12.2. The molecule has 0 aliphatic rings. The maximum absolute atomic E-state index is 9.46. The van der Waals surface area contributed by atoms with E-state index in [0.29, 0.717) is 19.0 Å². The quantitative estimate of drug-likeness (QED) is 0.744. The molecular formula is C12H20N2O2. The molecule has 0 aliphatic heterocycles. The second-order valence-corrected chi connectivity index (χ2v) is 3.64. The van der Waals surface area contributed by atoms with Gasteiger partial charge in [0.1, 0.15) is 0 Å². The summed E-state index contributed by atoms with van der Waals surface area (Å²) in [5.41, 5.74) is 0. The van der Waals surface area contributed by atoms with Crippen molar-refractivity contribution in [1.82, 2.24) is 4.98 Å². The lowest BCUT2D eigenvalue weighted by Gasteiger charge is -2.13. The number of aliphatic hydroxyl groups is 1. The van der Waals surface area contributed by atoms with Gasteiger partial charge in [-0.05, 0) is 25.0 Å². The van der Waals surface area contributed by atoms with Crippen LogP contribution in [0.4, 0.5) is 5.82 Å². The van der Waals surface area contributed by atoms with Crippen molar-refractivity contribution in [2.75, 3.05) is 18.5 Å². The van der Waals surface area contributed by atoms with Gasteiger partial charge >= 0.3 is 0 Å². The highest BCUT2D eigenvalue weighted by molar-refractivity contribution is 5.49. The first-order chi connectivity index (χ1) is 7.77. The molecule has 0 radical (unpaired) electrons. The molecular weight excluding hydrogens is 204 g/mol. The predicted octanol–water partition coefficient (Wildman–Crippen LogP) is 2.05. The van der Waals surface area contributed by atoms with Gasteiger partial charge in [0.05, 0.1) is 12.7 Å². The molecule has 4 heteroatoms. The van der Waals surface area contributed by atoms with Crippen LogP contribution in [0.2, 0.25) is 0 Å². The zero-order valence-electron chi connectivity index (χ0n) is 9.94. The van der Waals surface area contributed by atoms with E-state index in [-0.39, 0.29) is 6.10 Å². The summed E-state index contributed by atoms with van der Waals surface area (Å²) < 4.78 is 5.55. The van der Waals surface area contributed by atoms with Gasteiger partial charge in [-0.15, -0.1) is 0 Å². The summed E-state index contributed by atoms with van der Waals surface area (Å²) in [6.07, 6.45) is 3.05. The molecule has 0 aliphatic carbocycles. The average molecular weight is 224 g/mol. The van der Waals surface area contributed by atoms with Gasteiger partial charge in [-0.3, -0.25) is 0 Å². The van der Waals surface area contributed by atoms with Crippen molar-refractivity contribution in [3.63, 3.8) is 0 Å². The Kier molecular flexibility index (Phi) is 5.64. The highest BCUT2D eigenvalue weighted by Gasteiger charge is 2.06. The molecule has 1 rings (SSSR count). The number of hydrogen-bond acceptors (Lipinski definition) is 4. The zero-order valence-corrected chi connectivity index (χ0v) is 9.94. The third kappa shape index (κ3) is 4.06. The minimum Gasteiger partial charge on any atom is -0.490 e. The van der Waals surface area contributed by atoms with Crippen LogP contribution in [0.3, 0.4) is 0 Å². The Morgan fingerprint density at radius 3 is 3.00 bits per heavy atom. The van der Waals surface area contributed by atoms with Crippen LogP contribution in [-0.4, -0.2) is 29.3 Å². The van der Waals surface area contributed by atoms with Gasteiger partial charge in [0.2, 0.25) is 0 Å². The topological polar surface area (TPSA) is 54.4 Å². The molecule has 1 aromatic rings. The molecule has 0 bridgehead atoms. The number of nitrogens with one attached hydrogen (secondary N) is 1. The van der Waals surface area contributed by atoms with Crippen LogP contribution in [0.15, 0.2) is 18.3 Å². The zero-order chi connectivity index (χ0) is 11.8. The SMILES string of the molecule is CCCOc1cccnc1NCC(O)CC. The van der Waals surface area contributed by atoms with Crippen molar-refractivity contribution < 1.29 is 9.84 Å². The summed E-state index contributed by atoms with van der Waals surface area (Å²) in [4.78, 5) is 4.19. The molecule has 0 saturated heterocycles. The first-order valence-electron chi connectivity index (χ1n) is 5.77. The van der Waals surface area contributed by atoms with Crippen LogP contribution in [0.1, 0.15) is 26.7 Å². The molecule has 0 spiro atoms. The number of pyridine rings is 1. The van der Waals surface area contributed by atoms with E-state index in [1.54, 1.807) is 6.20 Å². The maximum atomic E-state index is 9.46. The van der Waals surface area contributed by atoms with Crippen molar-refractivity contribution in [3.05, 3.63) is 18.3 Å². The second-order valence-electron chi connectivity index (χ2n) is 3.64. The number of ether oxygens (including phenoxy) is 1. The molecule has 2 N–H and O–H groups in total. The minimum atomic E-state index is -0.346. The Bertz CT molecular complexity index is 305. The highest BCUT2D eigenvalue weighted by atomic mass is 16.5. The standard InChI is InChI=1S/C12H20N2O2/c1-3-8-16-11-6-5-7-13-12(11)14-9-10(15)4-2/h5-7,10,15H,3-4,8-9H2,1-2H3,(H,13,14). The molecule has 0 aromatic carbocycles. The van der Waals surface area contributed by atoms with E-state index in [2.05, 4.69) is 17.2 Å². The number of rotatable bonds is 7. The number of aliphatic hydroxyl groups excluding tert-OH is 1. The third-order valence-corrected chi connectivity index (χ3v) is 2.21. The Balaban J connectivity index is 2.56. The van der Waals surface area contributed by atoms with E-state index in [0.717, 1.165) is 18.6 Å². The van der Waals surface area contributed by atoms with E-state index in [1.807, 2.05) is 19.1 Å². The minimum absolute atomic E-state index is 0.346. The molecule has 0 amide bonds. The molecule has 1 atom stereocenters. The fraction of sp³-hybridized carbons (Fsp3) is 0.583. The smallest absolute Gasteiger partial charge is 0.168 e. The van der Waals surface area contributed by atoms with Gasteiger partial charge in [0, 0.05) is 12.7 Å². The maximum Gasteiger partial charge on any atom is 0.168 e. The molecule has 1 unspecified atom stereocenters. The number of nitrogens with zero attached hydrogens (tertiary/aromatic N) is 1. The fourth-order valence-corrected chi connectivity index (χ4v) is 1.21. The Morgan fingerprint density at radius 1 is 1.50 bits per heavy atom. The van der Waals surface area contributed by atoms with Crippen molar-refractivity contribution >= 4 is 5.82 Å².